The van der Waals surface area contributed by atoms with Gasteiger partial charge in [0.25, 0.3) is 0 Å². The van der Waals surface area contributed by atoms with Crippen LogP contribution in [0.4, 0.5) is 0 Å². The Morgan fingerprint density at radius 3 is 2.00 bits per heavy atom. The van der Waals surface area contributed by atoms with Crippen LogP contribution in [-0.2, 0) is 0 Å². The Morgan fingerprint density at radius 2 is 1.65 bits per heavy atom. The van der Waals surface area contributed by atoms with Crippen molar-refractivity contribution in [1.82, 2.24) is 20.3 Å². The Labute approximate surface area is 101 Å². The van der Waals surface area contributed by atoms with Gasteiger partial charge in [-0.15, -0.1) is 0 Å². The lowest BCUT2D eigenvalue weighted by molar-refractivity contribution is 0.208. The number of rotatable bonds is 4. The van der Waals surface area contributed by atoms with Gasteiger partial charge in [-0.05, 0) is 25.2 Å². The number of nitrogens with zero attached hydrogens (tertiary/aromatic N) is 3. The summed E-state index contributed by atoms with van der Waals surface area (Å²) < 4.78 is 0. The molecular weight excluding hydrogens is 216 g/mol. The van der Waals surface area contributed by atoms with Crippen molar-refractivity contribution in [1.29, 1.82) is 0 Å². The zero-order valence-corrected chi connectivity index (χ0v) is 10.4. The fraction of sp³-hybridized carbons (Fsp3) is 0.500. The molecule has 0 aliphatic rings. The van der Waals surface area contributed by atoms with E-state index in [0.29, 0.717) is 0 Å². The van der Waals surface area contributed by atoms with Crippen molar-refractivity contribution in [3.63, 3.8) is 0 Å². The standard InChI is InChI=1S/C6H5N3.C6H15NO/c1-2-4-6-5(3-1)7-9-8-6;1-3-7(4-2)5-6-8/h1-4H,(H,7,8,9);8H,3-6H2,1-2H3. The fourth-order valence-corrected chi connectivity index (χ4v) is 1.47. The summed E-state index contributed by atoms with van der Waals surface area (Å²) in [4.78, 5) is 2.18. The molecule has 0 aliphatic heterocycles. The van der Waals surface area contributed by atoms with Gasteiger partial charge in [0.15, 0.2) is 0 Å². The van der Waals surface area contributed by atoms with Crippen molar-refractivity contribution in [3.8, 4) is 0 Å². The van der Waals surface area contributed by atoms with Gasteiger partial charge in [-0.1, -0.05) is 26.0 Å². The number of hydrogen-bond donors (Lipinski definition) is 2. The lowest BCUT2D eigenvalue weighted by atomic mass is 10.3. The van der Waals surface area contributed by atoms with Crippen LogP contribution in [0.2, 0.25) is 0 Å². The molecule has 2 aromatic rings. The molecule has 0 atom stereocenters. The van der Waals surface area contributed by atoms with Crippen molar-refractivity contribution in [2.24, 2.45) is 0 Å². The summed E-state index contributed by atoms with van der Waals surface area (Å²) in [5.74, 6) is 0. The third kappa shape index (κ3) is 4.50. The smallest absolute Gasteiger partial charge is 0.112 e. The minimum absolute atomic E-state index is 0.279. The van der Waals surface area contributed by atoms with Gasteiger partial charge in [0, 0.05) is 6.54 Å². The number of nitrogens with one attached hydrogen (secondary N) is 1. The van der Waals surface area contributed by atoms with Crippen LogP contribution in [0.25, 0.3) is 11.0 Å². The van der Waals surface area contributed by atoms with Gasteiger partial charge in [0.05, 0.1) is 6.61 Å². The summed E-state index contributed by atoms with van der Waals surface area (Å²) in [6, 6.07) is 7.70. The highest BCUT2D eigenvalue weighted by Gasteiger charge is 1.93. The third-order valence-corrected chi connectivity index (χ3v) is 2.53. The predicted molar refractivity (Wildman–Crippen MR) is 68.8 cm³/mol. The maximum atomic E-state index is 8.46. The van der Waals surface area contributed by atoms with E-state index in [1.165, 1.54) is 0 Å². The zero-order valence-electron chi connectivity index (χ0n) is 10.4. The topological polar surface area (TPSA) is 65.0 Å². The number of fused-ring (bicyclic) bond motifs is 1. The molecular formula is C12H20N4O. The largest absolute Gasteiger partial charge is 0.395 e. The molecule has 17 heavy (non-hydrogen) atoms. The van der Waals surface area contributed by atoms with Gasteiger partial charge < -0.3 is 10.0 Å². The molecule has 2 N–H and O–H groups in total. The Balaban J connectivity index is 0.000000172. The van der Waals surface area contributed by atoms with E-state index in [-0.39, 0.29) is 6.61 Å². The van der Waals surface area contributed by atoms with Crippen LogP contribution in [0.5, 0.6) is 0 Å². The maximum Gasteiger partial charge on any atom is 0.112 e. The molecule has 5 nitrogen and oxygen atoms in total. The maximum absolute atomic E-state index is 8.46. The van der Waals surface area contributed by atoms with Crippen LogP contribution in [-0.4, -0.2) is 51.7 Å². The fourth-order valence-electron chi connectivity index (χ4n) is 1.47. The van der Waals surface area contributed by atoms with Crippen molar-refractivity contribution < 1.29 is 5.11 Å². The van der Waals surface area contributed by atoms with Gasteiger partial charge in [-0.3, -0.25) is 0 Å². The van der Waals surface area contributed by atoms with Crippen LogP contribution in [0.1, 0.15) is 13.8 Å². The molecule has 0 aliphatic carbocycles. The van der Waals surface area contributed by atoms with Crippen LogP contribution in [0, 0.1) is 0 Å². The SMILES string of the molecule is CCN(CC)CCO.c1ccc2n[nH]nc2c1. The van der Waals surface area contributed by atoms with E-state index in [1.807, 2.05) is 24.3 Å². The first-order valence-electron chi connectivity index (χ1n) is 5.90. The normalized spacial score (nSPS) is 10.4. The van der Waals surface area contributed by atoms with E-state index in [9.17, 15) is 0 Å². The van der Waals surface area contributed by atoms with Crippen LogP contribution < -0.4 is 0 Å². The molecule has 1 aromatic heterocycles. The van der Waals surface area contributed by atoms with Crippen molar-refractivity contribution in [2.45, 2.75) is 13.8 Å². The highest BCUT2D eigenvalue weighted by atomic mass is 16.3. The first-order chi connectivity index (χ1) is 8.31. The molecule has 0 amide bonds. The first kappa shape index (κ1) is 13.6. The summed E-state index contributed by atoms with van der Waals surface area (Å²) in [6.45, 7) is 7.36. The molecule has 0 bridgehead atoms. The van der Waals surface area contributed by atoms with Crippen molar-refractivity contribution in [3.05, 3.63) is 24.3 Å². The van der Waals surface area contributed by atoms with Crippen LogP contribution in [0.15, 0.2) is 24.3 Å². The molecule has 94 valence electrons. The summed E-state index contributed by atoms with van der Waals surface area (Å²) >= 11 is 0. The molecule has 1 aromatic carbocycles. The third-order valence-electron chi connectivity index (χ3n) is 2.53. The predicted octanol–water partition coefficient (Wildman–Crippen LogP) is 1.28. The Kier molecular flexibility index (Phi) is 6.21. The molecule has 1 heterocycles. The summed E-state index contributed by atoms with van der Waals surface area (Å²) in [7, 11) is 0. The Bertz CT molecular complexity index is 381. The van der Waals surface area contributed by atoms with E-state index >= 15 is 0 Å². The molecule has 0 saturated carbocycles. The minimum atomic E-state index is 0.279. The average molecular weight is 236 g/mol. The van der Waals surface area contributed by atoms with E-state index < -0.39 is 0 Å². The van der Waals surface area contributed by atoms with E-state index in [4.69, 9.17) is 5.11 Å². The van der Waals surface area contributed by atoms with Gasteiger partial charge in [0.1, 0.15) is 11.0 Å². The quantitative estimate of drug-likeness (QED) is 0.839. The number of aromatic amines is 1. The second-order valence-corrected chi connectivity index (χ2v) is 3.56. The van der Waals surface area contributed by atoms with Gasteiger partial charge >= 0.3 is 0 Å². The Hall–Kier alpha value is -1.46. The molecule has 0 unspecified atom stereocenters. The van der Waals surface area contributed by atoms with E-state index in [0.717, 1.165) is 30.7 Å². The lowest BCUT2D eigenvalue weighted by Gasteiger charge is -2.15. The summed E-state index contributed by atoms with van der Waals surface area (Å²) in [6.07, 6.45) is 0. The molecule has 0 fully saturated rings. The summed E-state index contributed by atoms with van der Waals surface area (Å²) in [5, 5.41) is 18.8. The number of hydrogen-bond acceptors (Lipinski definition) is 4. The number of likely N-dealkylation sites (N-methyl/N-ethyl adjacent to an activating group) is 1. The average Bonchev–Trinajstić information content (AvgIpc) is 2.85. The van der Waals surface area contributed by atoms with Crippen LogP contribution in [0.3, 0.4) is 0 Å². The van der Waals surface area contributed by atoms with E-state index in [2.05, 4.69) is 34.2 Å². The molecule has 5 heteroatoms. The molecule has 2 rings (SSSR count). The second kappa shape index (κ2) is 7.76. The number of benzene rings is 1. The number of H-pyrrole nitrogens is 1. The van der Waals surface area contributed by atoms with Crippen molar-refractivity contribution in [2.75, 3.05) is 26.2 Å². The van der Waals surface area contributed by atoms with Gasteiger partial charge in [-0.25, -0.2) is 0 Å². The Morgan fingerprint density at radius 1 is 1.12 bits per heavy atom. The number of aliphatic hydroxyl groups is 1. The monoisotopic (exact) mass is 236 g/mol. The number of para-hydroxylation sites is 2. The number of aromatic nitrogens is 3. The zero-order chi connectivity index (χ0) is 12.5. The molecule has 0 spiro atoms. The highest BCUT2D eigenvalue weighted by Crippen LogP contribution is 2.03. The van der Waals surface area contributed by atoms with Gasteiger partial charge in [0.2, 0.25) is 0 Å². The van der Waals surface area contributed by atoms with Crippen molar-refractivity contribution >= 4 is 11.0 Å². The summed E-state index contributed by atoms with van der Waals surface area (Å²) in [5.41, 5.74) is 1.83. The first-order valence-corrected chi connectivity index (χ1v) is 5.90. The number of aliphatic hydroxyl groups excluding tert-OH is 1. The second-order valence-electron chi connectivity index (χ2n) is 3.56. The highest BCUT2D eigenvalue weighted by molar-refractivity contribution is 5.72. The van der Waals surface area contributed by atoms with Crippen LogP contribution >= 0.6 is 0 Å². The molecule has 0 radical (unpaired) electrons. The minimum Gasteiger partial charge on any atom is -0.395 e. The molecule has 0 saturated heterocycles. The van der Waals surface area contributed by atoms with Gasteiger partial charge in [-0.2, -0.15) is 15.4 Å². The van der Waals surface area contributed by atoms with E-state index in [1.54, 1.807) is 0 Å². The lowest BCUT2D eigenvalue weighted by Crippen LogP contribution is -2.25.